The van der Waals surface area contributed by atoms with Gasteiger partial charge in [-0.1, -0.05) is 98.8 Å². The molecule has 0 radical (unpaired) electrons. The molecule has 1 aliphatic rings. The molecular weight excluding hydrogens is 498 g/mol. The van der Waals surface area contributed by atoms with E-state index >= 15 is 0 Å². The van der Waals surface area contributed by atoms with Crippen molar-refractivity contribution < 1.29 is 0 Å². The highest BCUT2D eigenvalue weighted by Crippen LogP contribution is 2.54. The number of nitrogens with zero attached hydrogens (tertiary/aromatic N) is 3. The Balaban J connectivity index is 1.41. The van der Waals surface area contributed by atoms with Crippen LogP contribution < -0.4 is 0 Å². The zero-order valence-electron chi connectivity index (χ0n) is 23.0. The van der Waals surface area contributed by atoms with Gasteiger partial charge in [0, 0.05) is 27.6 Å². The van der Waals surface area contributed by atoms with Gasteiger partial charge >= 0.3 is 0 Å². The fourth-order valence-corrected chi connectivity index (χ4v) is 7.31. The summed E-state index contributed by atoms with van der Waals surface area (Å²) in [7, 11) is 0. The molecule has 2 heterocycles. The number of para-hydroxylation sites is 2. The highest BCUT2D eigenvalue weighted by molar-refractivity contribution is 6.15. The van der Waals surface area contributed by atoms with Gasteiger partial charge in [-0.25, -0.2) is 4.98 Å². The van der Waals surface area contributed by atoms with Crippen LogP contribution in [0, 0.1) is 0 Å². The average Bonchev–Trinajstić information content (AvgIpc) is 3.65. The molecule has 41 heavy (non-hydrogen) atoms. The molecule has 3 heteroatoms. The Bertz CT molecular complexity index is 2330. The molecule has 0 aliphatic heterocycles. The summed E-state index contributed by atoms with van der Waals surface area (Å²) in [5.74, 6) is 0. The quantitative estimate of drug-likeness (QED) is 0.220. The molecule has 3 nitrogen and oxygen atoms in total. The molecule has 0 bridgehead atoms. The van der Waals surface area contributed by atoms with Gasteiger partial charge in [0.05, 0.1) is 22.1 Å². The van der Waals surface area contributed by atoms with Crippen LogP contribution in [0.25, 0.3) is 66.1 Å². The van der Waals surface area contributed by atoms with Crippen molar-refractivity contribution in [2.45, 2.75) is 19.3 Å². The predicted molar refractivity (Wildman–Crippen MR) is 170 cm³/mol. The molecule has 2 aromatic heterocycles. The number of rotatable bonds is 2. The first kappa shape index (κ1) is 22.6. The number of hydrogen-bond donors (Lipinski definition) is 0. The van der Waals surface area contributed by atoms with Crippen LogP contribution in [0.3, 0.4) is 0 Å². The Morgan fingerprint density at radius 3 is 2.27 bits per heavy atom. The van der Waals surface area contributed by atoms with E-state index in [9.17, 15) is 0 Å². The molecule has 0 unspecified atom stereocenters. The maximum Gasteiger partial charge on any atom is 0.100 e. The fourth-order valence-electron chi connectivity index (χ4n) is 7.31. The largest absolute Gasteiger partial charge is 0.309 e. The Morgan fingerprint density at radius 1 is 0.610 bits per heavy atom. The van der Waals surface area contributed by atoms with Crippen molar-refractivity contribution in [3.05, 3.63) is 139 Å². The first-order valence-electron chi connectivity index (χ1n) is 14.2. The lowest BCUT2D eigenvalue weighted by Crippen LogP contribution is -2.16. The van der Waals surface area contributed by atoms with Gasteiger partial charge in [-0.3, -0.25) is 4.57 Å². The van der Waals surface area contributed by atoms with Crippen LogP contribution >= 0.6 is 0 Å². The molecule has 0 spiro atoms. The summed E-state index contributed by atoms with van der Waals surface area (Å²) in [6.07, 6.45) is 1.93. The Labute approximate surface area is 237 Å². The summed E-state index contributed by atoms with van der Waals surface area (Å²) in [6, 6.07) is 44.1. The number of hydrogen-bond acceptors (Lipinski definition) is 1. The average molecular weight is 526 g/mol. The van der Waals surface area contributed by atoms with Gasteiger partial charge < -0.3 is 4.57 Å². The standard InChI is InChI=1S/C38H27N3/c1-38(2)31-20-16-24-10-6-7-13-27(24)35(31)30-19-18-29-28-14-8-9-15-33(28)41(37(29)36(30)38)26-17-21-32-34(22-26)40(23-39-32)25-11-4-3-5-12-25/h3-23H,1-2H3. The van der Waals surface area contributed by atoms with E-state index in [0.717, 1.165) is 22.4 Å². The van der Waals surface area contributed by atoms with Crippen molar-refractivity contribution in [1.29, 1.82) is 0 Å². The summed E-state index contributed by atoms with van der Waals surface area (Å²) in [5, 5.41) is 5.18. The van der Waals surface area contributed by atoms with Crippen LogP contribution in [0.15, 0.2) is 128 Å². The smallest absolute Gasteiger partial charge is 0.100 e. The van der Waals surface area contributed by atoms with E-state index in [2.05, 4.69) is 144 Å². The molecule has 0 saturated carbocycles. The molecular formula is C38H27N3. The van der Waals surface area contributed by atoms with Crippen LogP contribution in [0.1, 0.15) is 25.0 Å². The molecule has 0 atom stereocenters. The number of benzene rings is 6. The first-order valence-corrected chi connectivity index (χ1v) is 14.2. The van der Waals surface area contributed by atoms with E-state index in [-0.39, 0.29) is 5.41 Å². The maximum atomic E-state index is 4.73. The van der Waals surface area contributed by atoms with E-state index < -0.39 is 0 Å². The van der Waals surface area contributed by atoms with E-state index in [1.807, 2.05) is 6.33 Å². The van der Waals surface area contributed by atoms with Crippen molar-refractivity contribution in [2.75, 3.05) is 0 Å². The molecule has 1 aliphatic carbocycles. The first-order chi connectivity index (χ1) is 20.1. The minimum Gasteiger partial charge on any atom is -0.309 e. The number of fused-ring (bicyclic) bond motifs is 10. The highest BCUT2D eigenvalue weighted by atomic mass is 15.1. The third kappa shape index (κ3) is 2.95. The summed E-state index contributed by atoms with van der Waals surface area (Å²) < 4.78 is 4.67. The summed E-state index contributed by atoms with van der Waals surface area (Å²) in [4.78, 5) is 4.73. The zero-order chi connectivity index (χ0) is 27.3. The number of aromatic nitrogens is 3. The van der Waals surface area contributed by atoms with Crippen molar-refractivity contribution in [2.24, 2.45) is 0 Å². The SMILES string of the molecule is CC1(C)c2ccc3ccccc3c2-c2ccc3c4ccccc4n(-c4ccc5ncn(-c6ccccc6)c5c4)c3c21. The van der Waals surface area contributed by atoms with E-state index in [1.54, 1.807) is 0 Å². The topological polar surface area (TPSA) is 22.8 Å². The van der Waals surface area contributed by atoms with Crippen molar-refractivity contribution in [1.82, 2.24) is 14.1 Å². The lowest BCUT2D eigenvalue weighted by molar-refractivity contribution is 0.664. The lowest BCUT2D eigenvalue weighted by Gasteiger charge is -2.24. The second kappa shape index (κ2) is 7.96. The van der Waals surface area contributed by atoms with Crippen molar-refractivity contribution in [3.8, 4) is 22.5 Å². The van der Waals surface area contributed by atoms with Crippen LogP contribution in [0.2, 0.25) is 0 Å². The molecule has 194 valence electrons. The maximum absolute atomic E-state index is 4.73. The Hall–Kier alpha value is -5.15. The summed E-state index contributed by atoms with van der Waals surface area (Å²) >= 11 is 0. The highest BCUT2D eigenvalue weighted by Gasteiger charge is 2.39. The molecule has 0 saturated heterocycles. The van der Waals surface area contributed by atoms with Crippen LogP contribution in [0.5, 0.6) is 0 Å². The van der Waals surface area contributed by atoms with Gasteiger partial charge in [-0.15, -0.1) is 0 Å². The van der Waals surface area contributed by atoms with Gasteiger partial charge in [0.1, 0.15) is 6.33 Å². The van der Waals surface area contributed by atoms with Crippen LogP contribution in [-0.4, -0.2) is 14.1 Å². The normalized spacial score (nSPS) is 13.8. The van der Waals surface area contributed by atoms with Crippen molar-refractivity contribution in [3.63, 3.8) is 0 Å². The summed E-state index contributed by atoms with van der Waals surface area (Å²) in [6.45, 7) is 4.78. The zero-order valence-corrected chi connectivity index (χ0v) is 23.0. The monoisotopic (exact) mass is 525 g/mol. The molecule has 0 amide bonds. The minimum atomic E-state index is -0.157. The fraction of sp³-hybridized carbons (Fsp3) is 0.0789. The lowest BCUT2D eigenvalue weighted by atomic mass is 9.81. The third-order valence-electron chi connectivity index (χ3n) is 9.16. The number of imidazole rings is 1. The second-order valence-corrected chi connectivity index (χ2v) is 11.7. The summed E-state index contributed by atoms with van der Waals surface area (Å²) in [5.41, 5.74) is 12.2. The molecule has 9 rings (SSSR count). The van der Waals surface area contributed by atoms with Crippen molar-refractivity contribution >= 4 is 43.6 Å². The third-order valence-corrected chi connectivity index (χ3v) is 9.16. The molecule has 0 fully saturated rings. The molecule has 8 aromatic rings. The minimum absolute atomic E-state index is 0.157. The van der Waals surface area contributed by atoms with Gasteiger partial charge in [-0.05, 0) is 69.4 Å². The van der Waals surface area contributed by atoms with Gasteiger partial charge in [-0.2, -0.15) is 0 Å². The van der Waals surface area contributed by atoms with E-state index in [0.29, 0.717) is 0 Å². The van der Waals surface area contributed by atoms with Crippen LogP contribution in [0.4, 0.5) is 0 Å². The van der Waals surface area contributed by atoms with Gasteiger partial charge in [0.15, 0.2) is 0 Å². The van der Waals surface area contributed by atoms with Gasteiger partial charge in [0.25, 0.3) is 0 Å². The molecule has 0 N–H and O–H groups in total. The van der Waals surface area contributed by atoms with Gasteiger partial charge in [0.2, 0.25) is 0 Å². The Kier molecular flexibility index (Phi) is 4.39. The second-order valence-electron chi connectivity index (χ2n) is 11.7. The predicted octanol–water partition coefficient (Wildman–Crippen LogP) is 9.58. The van der Waals surface area contributed by atoms with Crippen LogP contribution in [-0.2, 0) is 5.41 Å². The van der Waals surface area contributed by atoms with E-state index in [4.69, 9.17) is 4.98 Å². The van der Waals surface area contributed by atoms with E-state index in [1.165, 1.54) is 54.8 Å². The molecule has 6 aromatic carbocycles. The Morgan fingerprint density at radius 2 is 1.39 bits per heavy atom.